The van der Waals surface area contributed by atoms with Crippen LogP contribution in [0, 0.1) is 13.8 Å². The maximum Gasteiger partial charge on any atom is 0.238 e. The van der Waals surface area contributed by atoms with Crippen LogP contribution < -0.4 is 5.14 Å². The predicted molar refractivity (Wildman–Crippen MR) is 58.0 cm³/mol. The number of primary sulfonamides is 1. The molecule has 0 aromatic heterocycles. The van der Waals surface area contributed by atoms with Crippen molar-refractivity contribution in [2.45, 2.75) is 25.3 Å². The van der Waals surface area contributed by atoms with E-state index in [2.05, 4.69) is 0 Å². The number of ether oxygens (including phenoxy) is 1. The molecule has 0 aliphatic rings. The zero-order chi connectivity index (χ0) is 11.6. The van der Waals surface area contributed by atoms with Gasteiger partial charge < -0.3 is 4.74 Å². The molecule has 0 radical (unpaired) electrons. The van der Waals surface area contributed by atoms with Gasteiger partial charge in [-0.3, -0.25) is 0 Å². The van der Waals surface area contributed by atoms with Crippen molar-refractivity contribution >= 4 is 10.0 Å². The predicted octanol–water partition coefficient (Wildman–Crippen LogP) is 1.10. The maximum absolute atomic E-state index is 11.3. The number of benzene rings is 1. The molecule has 1 aromatic carbocycles. The summed E-state index contributed by atoms with van der Waals surface area (Å²) < 4.78 is 27.6. The average molecular weight is 229 g/mol. The standard InChI is InChI=1S/C10H15NO3S/c1-7-4-5-10(15(11,12)13)9(6-14-3)8(7)2/h4-5H,6H2,1-3H3,(H2,11,12,13). The van der Waals surface area contributed by atoms with Crippen molar-refractivity contribution < 1.29 is 13.2 Å². The highest BCUT2D eigenvalue weighted by molar-refractivity contribution is 7.89. The molecule has 84 valence electrons. The first-order valence-electron chi connectivity index (χ1n) is 4.48. The normalized spacial score (nSPS) is 11.7. The lowest BCUT2D eigenvalue weighted by molar-refractivity contribution is 0.182. The summed E-state index contributed by atoms with van der Waals surface area (Å²) in [6.07, 6.45) is 0. The maximum atomic E-state index is 11.3. The Morgan fingerprint density at radius 1 is 1.33 bits per heavy atom. The van der Waals surface area contributed by atoms with Crippen LogP contribution in [0.5, 0.6) is 0 Å². The van der Waals surface area contributed by atoms with E-state index in [0.29, 0.717) is 5.56 Å². The van der Waals surface area contributed by atoms with E-state index in [1.165, 1.54) is 13.2 Å². The molecule has 15 heavy (non-hydrogen) atoms. The first-order valence-corrected chi connectivity index (χ1v) is 6.03. The smallest absolute Gasteiger partial charge is 0.238 e. The number of hydrogen-bond donors (Lipinski definition) is 1. The number of methoxy groups -OCH3 is 1. The summed E-state index contributed by atoms with van der Waals surface area (Å²) in [4.78, 5) is 0.146. The van der Waals surface area contributed by atoms with Crippen molar-refractivity contribution in [1.29, 1.82) is 0 Å². The highest BCUT2D eigenvalue weighted by Gasteiger charge is 2.16. The van der Waals surface area contributed by atoms with Crippen LogP contribution in [0.3, 0.4) is 0 Å². The summed E-state index contributed by atoms with van der Waals surface area (Å²) in [5.74, 6) is 0. The van der Waals surface area contributed by atoms with E-state index < -0.39 is 10.0 Å². The summed E-state index contributed by atoms with van der Waals surface area (Å²) in [7, 11) is -2.15. The van der Waals surface area contributed by atoms with Gasteiger partial charge in [-0.15, -0.1) is 0 Å². The molecule has 2 N–H and O–H groups in total. The van der Waals surface area contributed by atoms with Crippen LogP contribution in [-0.2, 0) is 21.4 Å². The topological polar surface area (TPSA) is 69.4 Å². The van der Waals surface area contributed by atoms with Gasteiger partial charge in [-0.2, -0.15) is 0 Å². The highest BCUT2D eigenvalue weighted by atomic mass is 32.2. The molecular formula is C10H15NO3S. The minimum absolute atomic E-state index is 0.146. The van der Waals surface area contributed by atoms with Gasteiger partial charge in [0.05, 0.1) is 11.5 Å². The lowest BCUT2D eigenvalue weighted by atomic mass is 10.0. The van der Waals surface area contributed by atoms with Crippen molar-refractivity contribution in [2.75, 3.05) is 7.11 Å². The van der Waals surface area contributed by atoms with E-state index in [9.17, 15) is 8.42 Å². The zero-order valence-corrected chi connectivity index (χ0v) is 9.89. The molecule has 0 heterocycles. The fourth-order valence-electron chi connectivity index (χ4n) is 1.44. The molecule has 0 saturated carbocycles. The van der Waals surface area contributed by atoms with Gasteiger partial charge in [0.2, 0.25) is 10.0 Å². The third-order valence-electron chi connectivity index (χ3n) is 2.42. The number of rotatable bonds is 3. The van der Waals surface area contributed by atoms with Crippen molar-refractivity contribution in [3.63, 3.8) is 0 Å². The molecule has 1 aromatic rings. The van der Waals surface area contributed by atoms with Crippen LogP contribution in [0.4, 0.5) is 0 Å². The summed E-state index contributed by atoms with van der Waals surface area (Å²) in [5.41, 5.74) is 2.57. The first-order chi connectivity index (χ1) is 6.88. The molecule has 1 rings (SSSR count). The van der Waals surface area contributed by atoms with Crippen LogP contribution in [0.15, 0.2) is 17.0 Å². The number of hydrogen-bond acceptors (Lipinski definition) is 3. The van der Waals surface area contributed by atoms with E-state index in [1.807, 2.05) is 13.8 Å². The summed E-state index contributed by atoms with van der Waals surface area (Å²) >= 11 is 0. The van der Waals surface area contributed by atoms with Gasteiger partial charge in [-0.05, 0) is 31.0 Å². The summed E-state index contributed by atoms with van der Waals surface area (Å²) in [6.45, 7) is 4.03. The molecule has 0 aliphatic heterocycles. The SMILES string of the molecule is COCc1c(S(N)(=O)=O)ccc(C)c1C. The van der Waals surface area contributed by atoms with Crippen molar-refractivity contribution in [3.8, 4) is 0 Å². The molecule has 0 saturated heterocycles. The summed E-state index contributed by atoms with van der Waals surface area (Å²) in [6, 6.07) is 3.26. The molecule has 0 aliphatic carbocycles. The minimum atomic E-state index is -3.67. The quantitative estimate of drug-likeness (QED) is 0.843. The van der Waals surface area contributed by atoms with Crippen LogP contribution in [0.25, 0.3) is 0 Å². The van der Waals surface area contributed by atoms with E-state index in [0.717, 1.165) is 11.1 Å². The minimum Gasteiger partial charge on any atom is -0.380 e. The molecule has 0 unspecified atom stereocenters. The molecular weight excluding hydrogens is 214 g/mol. The van der Waals surface area contributed by atoms with E-state index in [1.54, 1.807) is 6.07 Å². The van der Waals surface area contributed by atoms with Gasteiger partial charge in [0.15, 0.2) is 0 Å². The van der Waals surface area contributed by atoms with Gasteiger partial charge in [0, 0.05) is 12.7 Å². The second kappa shape index (κ2) is 4.30. The van der Waals surface area contributed by atoms with Crippen LogP contribution >= 0.6 is 0 Å². The Hall–Kier alpha value is -0.910. The number of nitrogens with two attached hydrogens (primary N) is 1. The van der Waals surface area contributed by atoms with E-state index in [4.69, 9.17) is 9.88 Å². The van der Waals surface area contributed by atoms with Gasteiger partial charge in [-0.25, -0.2) is 13.6 Å². The third-order valence-corrected chi connectivity index (χ3v) is 3.42. The monoisotopic (exact) mass is 229 g/mol. The first kappa shape index (κ1) is 12.2. The zero-order valence-electron chi connectivity index (χ0n) is 9.07. The Morgan fingerprint density at radius 2 is 1.93 bits per heavy atom. The number of aryl methyl sites for hydroxylation is 1. The molecule has 0 atom stereocenters. The van der Waals surface area contributed by atoms with Crippen LogP contribution in [0.1, 0.15) is 16.7 Å². The Balaban J connectivity index is 3.47. The second-order valence-electron chi connectivity index (χ2n) is 3.46. The average Bonchev–Trinajstić information content (AvgIpc) is 2.11. The lowest BCUT2D eigenvalue weighted by Gasteiger charge is -2.12. The lowest BCUT2D eigenvalue weighted by Crippen LogP contribution is -2.16. The van der Waals surface area contributed by atoms with Crippen LogP contribution in [-0.4, -0.2) is 15.5 Å². The van der Waals surface area contributed by atoms with E-state index >= 15 is 0 Å². The number of sulfonamides is 1. The fourth-order valence-corrected chi connectivity index (χ4v) is 2.25. The molecule has 0 fully saturated rings. The highest BCUT2D eigenvalue weighted by Crippen LogP contribution is 2.22. The summed E-state index contributed by atoms with van der Waals surface area (Å²) in [5, 5.41) is 5.12. The Kier molecular flexibility index (Phi) is 3.49. The molecule has 5 heteroatoms. The Bertz CT molecular complexity index is 466. The Labute approximate surface area is 90.1 Å². The van der Waals surface area contributed by atoms with Crippen molar-refractivity contribution in [1.82, 2.24) is 0 Å². The van der Waals surface area contributed by atoms with Crippen LogP contribution in [0.2, 0.25) is 0 Å². The molecule has 0 amide bonds. The Morgan fingerprint density at radius 3 is 2.40 bits per heavy atom. The largest absolute Gasteiger partial charge is 0.380 e. The molecule has 4 nitrogen and oxygen atoms in total. The molecule has 0 spiro atoms. The van der Waals surface area contributed by atoms with E-state index in [-0.39, 0.29) is 11.5 Å². The van der Waals surface area contributed by atoms with Gasteiger partial charge in [0.1, 0.15) is 0 Å². The van der Waals surface area contributed by atoms with Gasteiger partial charge in [-0.1, -0.05) is 6.07 Å². The van der Waals surface area contributed by atoms with Gasteiger partial charge in [0.25, 0.3) is 0 Å². The fraction of sp³-hybridized carbons (Fsp3) is 0.400. The van der Waals surface area contributed by atoms with Crippen molar-refractivity contribution in [3.05, 3.63) is 28.8 Å². The van der Waals surface area contributed by atoms with Crippen molar-refractivity contribution in [2.24, 2.45) is 5.14 Å². The second-order valence-corrected chi connectivity index (χ2v) is 4.99. The third kappa shape index (κ3) is 2.56. The molecule has 0 bridgehead atoms. The van der Waals surface area contributed by atoms with Gasteiger partial charge >= 0.3 is 0 Å².